The third kappa shape index (κ3) is 5.01. The largest absolute Gasteiger partial charge is 0.314 e. The molecule has 2 fully saturated rings. The molecule has 2 aliphatic rings. The van der Waals surface area contributed by atoms with Gasteiger partial charge < -0.3 is 15.1 Å². The monoisotopic (exact) mass is 281 g/mol. The summed E-state index contributed by atoms with van der Waals surface area (Å²) in [6.07, 6.45) is 8.28. The van der Waals surface area contributed by atoms with Crippen molar-refractivity contribution in [3.05, 3.63) is 0 Å². The molecule has 2 unspecified atom stereocenters. The molecule has 0 aromatic carbocycles. The maximum absolute atomic E-state index is 3.77. The summed E-state index contributed by atoms with van der Waals surface area (Å²) in [5, 5.41) is 3.77. The van der Waals surface area contributed by atoms with E-state index in [9.17, 15) is 0 Å². The molecule has 1 aliphatic carbocycles. The SMILES string of the molecule is CCCNC1CCCC1CCN1CCN(CCC)CC1. The van der Waals surface area contributed by atoms with Gasteiger partial charge in [0.05, 0.1) is 0 Å². The van der Waals surface area contributed by atoms with Gasteiger partial charge in [-0.2, -0.15) is 0 Å². The van der Waals surface area contributed by atoms with Gasteiger partial charge in [0, 0.05) is 32.2 Å². The maximum atomic E-state index is 3.77. The van der Waals surface area contributed by atoms with E-state index in [1.165, 1.54) is 84.3 Å². The van der Waals surface area contributed by atoms with Gasteiger partial charge in [0.25, 0.3) is 0 Å². The van der Waals surface area contributed by atoms with Crippen LogP contribution < -0.4 is 5.32 Å². The number of piperazine rings is 1. The van der Waals surface area contributed by atoms with Crippen LogP contribution in [0, 0.1) is 5.92 Å². The Kier molecular flexibility index (Phi) is 7.32. The van der Waals surface area contributed by atoms with Crippen LogP contribution in [0.25, 0.3) is 0 Å². The Hall–Kier alpha value is -0.120. The topological polar surface area (TPSA) is 18.5 Å². The van der Waals surface area contributed by atoms with E-state index >= 15 is 0 Å². The third-order valence-electron chi connectivity index (χ3n) is 5.14. The molecule has 0 radical (unpaired) electrons. The van der Waals surface area contributed by atoms with E-state index in [1.807, 2.05) is 0 Å². The van der Waals surface area contributed by atoms with Crippen molar-refractivity contribution in [3.8, 4) is 0 Å². The van der Waals surface area contributed by atoms with E-state index in [1.54, 1.807) is 0 Å². The summed E-state index contributed by atoms with van der Waals surface area (Å²) in [5.41, 5.74) is 0. The van der Waals surface area contributed by atoms with Gasteiger partial charge in [-0.3, -0.25) is 0 Å². The van der Waals surface area contributed by atoms with Crippen LogP contribution in [0.2, 0.25) is 0 Å². The highest BCUT2D eigenvalue weighted by Crippen LogP contribution is 2.28. The van der Waals surface area contributed by atoms with Crippen LogP contribution in [0.3, 0.4) is 0 Å². The predicted octanol–water partition coefficient (Wildman–Crippen LogP) is 2.57. The molecule has 0 aromatic heterocycles. The third-order valence-corrected chi connectivity index (χ3v) is 5.14. The van der Waals surface area contributed by atoms with Crippen molar-refractivity contribution in [2.24, 2.45) is 5.92 Å². The fraction of sp³-hybridized carbons (Fsp3) is 1.00. The lowest BCUT2D eigenvalue weighted by atomic mass is 9.99. The lowest BCUT2D eigenvalue weighted by Gasteiger charge is -2.35. The van der Waals surface area contributed by atoms with Crippen LogP contribution in [0.15, 0.2) is 0 Å². The smallest absolute Gasteiger partial charge is 0.0110 e. The fourth-order valence-corrected chi connectivity index (χ4v) is 3.88. The fourth-order valence-electron chi connectivity index (χ4n) is 3.88. The maximum Gasteiger partial charge on any atom is 0.0110 e. The Morgan fingerprint density at radius 3 is 2.25 bits per heavy atom. The van der Waals surface area contributed by atoms with E-state index in [4.69, 9.17) is 0 Å². The van der Waals surface area contributed by atoms with Crippen LogP contribution in [0.4, 0.5) is 0 Å². The van der Waals surface area contributed by atoms with Crippen LogP contribution in [0.5, 0.6) is 0 Å². The lowest BCUT2D eigenvalue weighted by Crippen LogP contribution is -2.47. The number of nitrogens with zero attached hydrogens (tertiary/aromatic N) is 2. The number of rotatable bonds is 8. The second-order valence-electron chi connectivity index (χ2n) is 6.72. The Morgan fingerprint density at radius 2 is 1.60 bits per heavy atom. The normalized spacial score (nSPS) is 29.1. The van der Waals surface area contributed by atoms with Gasteiger partial charge >= 0.3 is 0 Å². The first-order valence-electron chi connectivity index (χ1n) is 9.01. The number of hydrogen-bond donors (Lipinski definition) is 1. The molecule has 3 heteroatoms. The second-order valence-corrected chi connectivity index (χ2v) is 6.72. The molecular formula is C17H35N3. The van der Waals surface area contributed by atoms with Crippen molar-refractivity contribution in [2.45, 2.75) is 58.4 Å². The summed E-state index contributed by atoms with van der Waals surface area (Å²) in [6, 6.07) is 0.816. The molecule has 0 spiro atoms. The first-order chi connectivity index (χ1) is 9.83. The van der Waals surface area contributed by atoms with Crippen molar-refractivity contribution in [1.29, 1.82) is 0 Å². The zero-order chi connectivity index (χ0) is 14.2. The molecule has 0 amide bonds. The van der Waals surface area contributed by atoms with Crippen molar-refractivity contribution >= 4 is 0 Å². The summed E-state index contributed by atoms with van der Waals surface area (Å²) < 4.78 is 0. The van der Waals surface area contributed by atoms with Crippen LogP contribution in [-0.2, 0) is 0 Å². The van der Waals surface area contributed by atoms with Crippen LogP contribution in [0.1, 0.15) is 52.4 Å². The van der Waals surface area contributed by atoms with E-state index in [2.05, 4.69) is 29.0 Å². The quantitative estimate of drug-likeness (QED) is 0.738. The highest BCUT2D eigenvalue weighted by Gasteiger charge is 2.27. The molecule has 2 rings (SSSR count). The Bertz CT molecular complexity index is 249. The van der Waals surface area contributed by atoms with Gasteiger partial charge in [0.15, 0.2) is 0 Å². The summed E-state index contributed by atoms with van der Waals surface area (Å²) in [6.45, 7) is 13.5. The van der Waals surface area contributed by atoms with Gasteiger partial charge in [-0.05, 0) is 57.7 Å². The van der Waals surface area contributed by atoms with Crippen molar-refractivity contribution in [3.63, 3.8) is 0 Å². The average molecular weight is 281 g/mol. The van der Waals surface area contributed by atoms with E-state index in [0.29, 0.717) is 0 Å². The average Bonchev–Trinajstić information content (AvgIpc) is 2.92. The summed E-state index contributed by atoms with van der Waals surface area (Å²) in [5.74, 6) is 0.940. The Balaban J connectivity index is 1.62. The summed E-state index contributed by atoms with van der Waals surface area (Å²) >= 11 is 0. The molecule has 20 heavy (non-hydrogen) atoms. The van der Waals surface area contributed by atoms with Crippen molar-refractivity contribution < 1.29 is 0 Å². The summed E-state index contributed by atoms with van der Waals surface area (Å²) in [4.78, 5) is 5.32. The molecule has 1 saturated carbocycles. The van der Waals surface area contributed by atoms with Gasteiger partial charge in [0.2, 0.25) is 0 Å². The van der Waals surface area contributed by atoms with E-state index < -0.39 is 0 Å². The number of hydrogen-bond acceptors (Lipinski definition) is 3. The lowest BCUT2D eigenvalue weighted by molar-refractivity contribution is 0.125. The van der Waals surface area contributed by atoms with Gasteiger partial charge in [0.1, 0.15) is 0 Å². The van der Waals surface area contributed by atoms with Crippen LogP contribution in [-0.4, -0.2) is 61.7 Å². The first kappa shape index (κ1) is 16.3. The molecule has 0 aromatic rings. The Morgan fingerprint density at radius 1 is 0.900 bits per heavy atom. The van der Waals surface area contributed by atoms with E-state index in [-0.39, 0.29) is 0 Å². The molecule has 0 bridgehead atoms. The minimum atomic E-state index is 0.816. The predicted molar refractivity (Wildman–Crippen MR) is 87.2 cm³/mol. The molecule has 1 aliphatic heterocycles. The van der Waals surface area contributed by atoms with E-state index in [0.717, 1.165) is 12.0 Å². The van der Waals surface area contributed by atoms with Crippen LogP contribution >= 0.6 is 0 Å². The molecular weight excluding hydrogens is 246 g/mol. The minimum Gasteiger partial charge on any atom is -0.314 e. The first-order valence-corrected chi connectivity index (χ1v) is 9.01. The zero-order valence-electron chi connectivity index (χ0n) is 13.7. The minimum absolute atomic E-state index is 0.816. The second kappa shape index (κ2) is 9.01. The highest BCUT2D eigenvalue weighted by atomic mass is 15.3. The molecule has 118 valence electrons. The molecule has 2 atom stereocenters. The zero-order valence-corrected chi connectivity index (χ0v) is 13.7. The molecule has 1 heterocycles. The van der Waals surface area contributed by atoms with Gasteiger partial charge in [-0.15, -0.1) is 0 Å². The highest BCUT2D eigenvalue weighted by molar-refractivity contribution is 4.84. The molecule has 1 saturated heterocycles. The summed E-state index contributed by atoms with van der Waals surface area (Å²) in [7, 11) is 0. The standard InChI is InChI=1S/C17H35N3/c1-3-9-18-17-7-5-6-16(17)8-11-20-14-12-19(10-4-2)13-15-20/h16-18H,3-15H2,1-2H3. The van der Waals surface area contributed by atoms with Gasteiger partial charge in [-0.25, -0.2) is 0 Å². The molecule has 1 N–H and O–H groups in total. The van der Waals surface area contributed by atoms with Crippen molar-refractivity contribution in [1.82, 2.24) is 15.1 Å². The van der Waals surface area contributed by atoms with Gasteiger partial charge in [-0.1, -0.05) is 20.3 Å². The van der Waals surface area contributed by atoms with Crippen molar-refractivity contribution in [2.75, 3.05) is 45.8 Å². The number of nitrogens with one attached hydrogen (secondary N) is 1. The Labute approximate surface area is 126 Å². The molecule has 3 nitrogen and oxygen atoms in total.